The molecule has 3 aromatic rings. The van der Waals surface area contributed by atoms with Gasteiger partial charge in [0.2, 0.25) is 5.91 Å². The summed E-state index contributed by atoms with van der Waals surface area (Å²) in [6, 6.07) is 16.0. The van der Waals surface area contributed by atoms with Crippen LogP contribution in [0.15, 0.2) is 66.9 Å². The Hall–Kier alpha value is -3.74. The minimum absolute atomic E-state index is 0.168. The zero-order valence-corrected chi connectivity index (χ0v) is 14.5. The number of carbonyl (C=O) groups is 2. The van der Waals surface area contributed by atoms with Crippen LogP contribution in [-0.4, -0.2) is 16.8 Å². The Labute approximate surface area is 155 Å². The first-order valence-corrected chi connectivity index (χ1v) is 8.17. The van der Waals surface area contributed by atoms with Crippen molar-refractivity contribution in [2.45, 2.75) is 6.92 Å². The number of aromatic nitrogens is 1. The van der Waals surface area contributed by atoms with Crippen molar-refractivity contribution in [2.75, 3.05) is 16.0 Å². The molecule has 27 heavy (non-hydrogen) atoms. The van der Waals surface area contributed by atoms with E-state index in [2.05, 4.69) is 20.9 Å². The molecule has 7 heteroatoms. The van der Waals surface area contributed by atoms with E-state index >= 15 is 0 Å². The van der Waals surface area contributed by atoms with Gasteiger partial charge in [-0.1, -0.05) is 6.07 Å². The second-order valence-electron chi connectivity index (χ2n) is 5.78. The molecule has 0 aliphatic rings. The van der Waals surface area contributed by atoms with Gasteiger partial charge in [-0.05, 0) is 54.6 Å². The summed E-state index contributed by atoms with van der Waals surface area (Å²) < 4.78 is 13.3. The van der Waals surface area contributed by atoms with Crippen molar-refractivity contribution in [3.63, 3.8) is 0 Å². The second kappa shape index (κ2) is 8.09. The largest absolute Gasteiger partial charge is 0.355 e. The summed E-state index contributed by atoms with van der Waals surface area (Å²) in [5.41, 5.74) is 2.60. The molecule has 3 rings (SSSR count). The summed E-state index contributed by atoms with van der Waals surface area (Å²) in [7, 11) is 0. The Kier molecular flexibility index (Phi) is 5.41. The van der Waals surface area contributed by atoms with Crippen molar-refractivity contribution in [3.05, 3.63) is 78.4 Å². The van der Waals surface area contributed by atoms with Crippen molar-refractivity contribution in [1.29, 1.82) is 0 Å². The fourth-order valence-corrected chi connectivity index (χ4v) is 2.40. The summed E-state index contributed by atoms with van der Waals surface area (Å²) >= 11 is 0. The molecule has 136 valence electrons. The lowest BCUT2D eigenvalue weighted by atomic mass is 10.2. The molecule has 0 unspecified atom stereocenters. The standard InChI is InChI=1S/C20H17FN4O2/c1-13(26)23-15-5-7-16(8-6-15)25-20(27)19-12-18(9-10-22-19)24-17-4-2-3-14(21)11-17/h2-12H,1H3,(H,22,24)(H,23,26)(H,25,27). The van der Waals surface area contributed by atoms with Gasteiger partial charge in [-0.3, -0.25) is 14.6 Å². The summed E-state index contributed by atoms with van der Waals surface area (Å²) in [4.78, 5) is 27.5. The minimum atomic E-state index is -0.384. The van der Waals surface area contributed by atoms with Crippen LogP contribution < -0.4 is 16.0 Å². The normalized spacial score (nSPS) is 10.1. The molecule has 0 spiro atoms. The van der Waals surface area contributed by atoms with Crippen LogP contribution in [0.3, 0.4) is 0 Å². The summed E-state index contributed by atoms with van der Waals surface area (Å²) in [6.45, 7) is 1.42. The number of rotatable bonds is 5. The van der Waals surface area contributed by atoms with Gasteiger partial charge in [-0.2, -0.15) is 0 Å². The third kappa shape index (κ3) is 5.12. The van der Waals surface area contributed by atoms with Gasteiger partial charge in [-0.25, -0.2) is 4.39 Å². The SMILES string of the molecule is CC(=O)Nc1ccc(NC(=O)c2cc(Nc3cccc(F)c3)ccn2)cc1. The van der Waals surface area contributed by atoms with E-state index in [1.165, 1.54) is 25.3 Å². The van der Waals surface area contributed by atoms with Gasteiger partial charge < -0.3 is 16.0 Å². The maximum absolute atomic E-state index is 13.3. The number of amides is 2. The first-order valence-electron chi connectivity index (χ1n) is 8.17. The number of nitrogens with zero attached hydrogens (tertiary/aromatic N) is 1. The molecule has 0 aliphatic heterocycles. The molecule has 0 radical (unpaired) electrons. The molecule has 0 saturated carbocycles. The number of hydrogen-bond acceptors (Lipinski definition) is 4. The summed E-state index contributed by atoms with van der Waals surface area (Å²) in [5, 5.41) is 8.42. The molecule has 0 fully saturated rings. The fraction of sp³-hybridized carbons (Fsp3) is 0.0500. The molecule has 3 N–H and O–H groups in total. The number of carbonyl (C=O) groups excluding carboxylic acids is 2. The van der Waals surface area contributed by atoms with E-state index in [0.29, 0.717) is 22.7 Å². The van der Waals surface area contributed by atoms with Gasteiger partial charge in [0.15, 0.2) is 0 Å². The maximum Gasteiger partial charge on any atom is 0.274 e. The lowest BCUT2D eigenvalue weighted by Gasteiger charge is -2.09. The van der Waals surface area contributed by atoms with Crippen molar-refractivity contribution in [1.82, 2.24) is 4.98 Å². The zero-order valence-electron chi connectivity index (χ0n) is 14.5. The molecule has 1 aromatic heterocycles. The van der Waals surface area contributed by atoms with E-state index in [0.717, 1.165) is 0 Å². The fourth-order valence-electron chi connectivity index (χ4n) is 2.40. The van der Waals surface area contributed by atoms with E-state index < -0.39 is 0 Å². The lowest BCUT2D eigenvalue weighted by molar-refractivity contribution is -0.114. The minimum Gasteiger partial charge on any atom is -0.355 e. The van der Waals surface area contributed by atoms with Crippen LogP contribution in [0.4, 0.5) is 27.1 Å². The van der Waals surface area contributed by atoms with E-state index in [4.69, 9.17) is 0 Å². The van der Waals surface area contributed by atoms with Crippen LogP contribution in [-0.2, 0) is 4.79 Å². The van der Waals surface area contributed by atoms with Crippen molar-refractivity contribution >= 4 is 34.6 Å². The van der Waals surface area contributed by atoms with E-state index in [1.54, 1.807) is 48.5 Å². The van der Waals surface area contributed by atoms with E-state index in [-0.39, 0.29) is 23.3 Å². The number of anilines is 4. The Morgan fingerprint density at radius 3 is 2.19 bits per heavy atom. The van der Waals surface area contributed by atoms with E-state index in [9.17, 15) is 14.0 Å². The monoisotopic (exact) mass is 364 g/mol. The molecule has 0 bridgehead atoms. The number of benzene rings is 2. The predicted octanol–water partition coefficient (Wildman–Crippen LogP) is 4.18. The number of hydrogen-bond donors (Lipinski definition) is 3. The number of pyridine rings is 1. The van der Waals surface area contributed by atoms with Crippen LogP contribution >= 0.6 is 0 Å². The molecule has 6 nitrogen and oxygen atoms in total. The first kappa shape index (κ1) is 18.1. The highest BCUT2D eigenvalue weighted by atomic mass is 19.1. The van der Waals surface area contributed by atoms with Gasteiger partial charge >= 0.3 is 0 Å². The average molecular weight is 364 g/mol. The Morgan fingerprint density at radius 1 is 0.852 bits per heavy atom. The topological polar surface area (TPSA) is 83.1 Å². The average Bonchev–Trinajstić information content (AvgIpc) is 2.63. The Bertz CT molecular complexity index is 974. The highest BCUT2D eigenvalue weighted by Gasteiger charge is 2.09. The van der Waals surface area contributed by atoms with Crippen LogP contribution in [0.5, 0.6) is 0 Å². The van der Waals surface area contributed by atoms with Crippen molar-refractivity contribution < 1.29 is 14.0 Å². The molecule has 2 aromatic carbocycles. The molecule has 0 saturated heterocycles. The second-order valence-corrected chi connectivity index (χ2v) is 5.78. The number of halogens is 1. The van der Waals surface area contributed by atoms with Crippen LogP contribution in [0.25, 0.3) is 0 Å². The molecular weight excluding hydrogens is 347 g/mol. The molecule has 2 amide bonds. The molecule has 1 heterocycles. The van der Waals surface area contributed by atoms with Gasteiger partial charge in [0, 0.05) is 35.9 Å². The smallest absolute Gasteiger partial charge is 0.274 e. The van der Waals surface area contributed by atoms with Gasteiger partial charge in [-0.15, -0.1) is 0 Å². The Balaban J connectivity index is 1.69. The first-order chi connectivity index (χ1) is 13.0. The molecule has 0 aliphatic carbocycles. The maximum atomic E-state index is 13.3. The van der Waals surface area contributed by atoms with Gasteiger partial charge in [0.05, 0.1) is 0 Å². The summed E-state index contributed by atoms with van der Waals surface area (Å²) in [5.74, 6) is -0.904. The molecule has 0 atom stereocenters. The lowest BCUT2D eigenvalue weighted by Crippen LogP contribution is -2.14. The Morgan fingerprint density at radius 2 is 1.52 bits per heavy atom. The van der Waals surface area contributed by atoms with Crippen molar-refractivity contribution in [3.8, 4) is 0 Å². The van der Waals surface area contributed by atoms with Gasteiger partial charge in [0.1, 0.15) is 11.5 Å². The summed E-state index contributed by atoms with van der Waals surface area (Å²) in [6.07, 6.45) is 1.50. The third-order valence-corrected chi connectivity index (χ3v) is 3.57. The van der Waals surface area contributed by atoms with Crippen LogP contribution in [0, 0.1) is 5.82 Å². The quantitative estimate of drug-likeness (QED) is 0.634. The van der Waals surface area contributed by atoms with Gasteiger partial charge in [0.25, 0.3) is 5.91 Å². The van der Waals surface area contributed by atoms with E-state index in [1.807, 2.05) is 0 Å². The zero-order chi connectivity index (χ0) is 19.2. The number of nitrogens with one attached hydrogen (secondary N) is 3. The molecular formula is C20H17FN4O2. The highest BCUT2D eigenvalue weighted by Crippen LogP contribution is 2.19. The van der Waals surface area contributed by atoms with Crippen molar-refractivity contribution in [2.24, 2.45) is 0 Å². The van der Waals surface area contributed by atoms with Crippen LogP contribution in [0.1, 0.15) is 17.4 Å². The van der Waals surface area contributed by atoms with Crippen LogP contribution in [0.2, 0.25) is 0 Å². The highest BCUT2D eigenvalue weighted by molar-refractivity contribution is 6.03. The third-order valence-electron chi connectivity index (χ3n) is 3.57. The predicted molar refractivity (Wildman–Crippen MR) is 103 cm³/mol.